The number of hydrogen-bond acceptors (Lipinski definition) is 4. The number of piperazine rings is 1. The van der Waals surface area contributed by atoms with Gasteiger partial charge >= 0.3 is 0 Å². The van der Waals surface area contributed by atoms with Crippen molar-refractivity contribution < 1.29 is 5.11 Å². The molecule has 0 radical (unpaired) electrons. The summed E-state index contributed by atoms with van der Waals surface area (Å²) in [4.78, 5) is 4.68. The highest BCUT2D eigenvalue weighted by molar-refractivity contribution is 5.08. The third-order valence-corrected chi connectivity index (χ3v) is 3.97. The van der Waals surface area contributed by atoms with Crippen molar-refractivity contribution >= 4 is 0 Å². The van der Waals surface area contributed by atoms with Gasteiger partial charge in [-0.1, -0.05) is 6.92 Å². The lowest BCUT2D eigenvalue weighted by Crippen LogP contribution is -2.50. The zero-order chi connectivity index (χ0) is 13.8. The lowest BCUT2D eigenvalue weighted by atomic mass is 10.0. The Balaban J connectivity index is 1.93. The number of aliphatic hydroxyl groups is 1. The van der Waals surface area contributed by atoms with Gasteiger partial charge in [0.2, 0.25) is 0 Å². The Hall–Kier alpha value is -0.910. The lowest BCUT2D eigenvalue weighted by Gasteiger charge is -2.38. The van der Waals surface area contributed by atoms with Crippen LogP contribution in [-0.2, 0) is 6.54 Å². The topological polar surface area (TPSA) is 44.5 Å². The number of aromatic nitrogens is 2. The minimum atomic E-state index is -0.412. The Labute approximate surface area is 115 Å². The van der Waals surface area contributed by atoms with E-state index < -0.39 is 6.10 Å². The van der Waals surface area contributed by atoms with E-state index in [0.29, 0.717) is 6.04 Å². The fourth-order valence-electron chi connectivity index (χ4n) is 2.65. The highest BCUT2D eigenvalue weighted by Gasteiger charge is 2.25. The molecule has 0 aromatic carbocycles. The fourth-order valence-corrected chi connectivity index (χ4v) is 2.65. The number of aryl methyl sites for hydroxylation is 1. The summed E-state index contributed by atoms with van der Waals surface area (Å²) >= 11 is 0. The molecule has 19 heavy (non-hydrogen) atoms. The third kappa shape index (κ3) is 3.78. The van der Waals surface area contributed by atoms with E-state index in [1.54, 1.807) is 6.20 Å². The molecular weight excluding hydrogens is 240 g/mol. The van der Waals surface area contributed by atoms with E-state index >= 15 is 0 Å². The molecule has 0 aliphatic carbocycles. The summed E-state index contributed by atoms with van der Waals surface area (Å²) in [6, 6.07) is 0.420. The molecule has 5 heteroatoms. The van der Waals surface area contributed by atoms with Crippen molar-refractivity contribution in [1.29, 1.82) is 0 Å². The van der Waals surface area contributed by atoms with Crippen LogP contribution in [0, 0.1) is 0 Å². The van der Waals surface area contributed by atoms with Gasteiger partial charge in [0.15, 0.2) is 0 Å². The van der Waals surface area contributed by atoms with E-state index in [1.165, 1.54) is 0 Å². The lowest BCUT2D eigenvalue weighted by molar-refractivity contribution is 0.0634. The van der Waals surface area contributed by atoms with E-state index in [2.05, 4.69) is 35.9 Å². The van der Waals surface area contributed by atoms with Crippen molar-refractivity contribution in [2.75, 3.05) is 33.7 Å². The SMILES string of the molecule is CCCn1cc(C(O)CC2CN(C)CCN2C)cn1. The number of aliphatic hydroxyl groups excluding tert-OH is 1. The second kappa shape index (κ2) is 6.50. The quantitative estimate of drug-likeness (QED) is 0.862. The van der Waals surface area contributed by atoms with Gasteiger partial charge in [-0.3, -0.25) is 4.68 Å². The molecule has 1 N–H and O–H groups in total. The standard InChI is InChI=1S/C14H26N4O/c1-4-5-18-10-12(9-15-18)14(19)8-13-11-16(2)6-7-17(13)3/h9-10,13-14,19H,4-8,11H2,1-3H3. The van der Waals surface area contributed by atoms with Crippen LogP contribution in [-0.4, -0.2) is 64.5 Å². The minimum absolute atomic E-state index is 0.412. The molecule has 0 spiro atoms. The van der Waals surface area contributed by atoms with E-state index in [9.17, 15) is 5.11 Å². The molecule has 1 fully saturated rings. The summed E-state index contributed by atoms with van der Waals surface area (Å²) in [6.07, 6.45) is 5.20. The van der Waals surface area contributed by atoms with Crippen LogP contribution < -0.4 is 0 Å². The van der Waals surface area contributed by atoms with Gasteiger partial charge in [-0.15, -0.1) is 0 Å². The van der Waals surface area contributed by atoms with Gasteiger partial charge in [-0.05, 0) is 26.9 Å². The van der Waals surface area contributed by atoms with E-state index in [-0.39, 0.29) is 0 Å². The van der Waals surface area contributed by atoms with Crippen molar-refractivity contribution in [1.82, 2.24) is 19.6 Å². The number of hydrogen-bond donors (Lipinski definition) is 1. The Morgan fingerprint density at radius 3 is 2.95 bits per heavy atom. The predicted molar refractivity (Wildman–Crippen MR) is 76.0 cm³/mol. The number of rotatable bonds is 5. The molecule has 2 rings (SSSR count). The Bertz CT molecular complexity index is 393. The van der Waals surface area contributed by atoms with Crippen molar-refractivity contribution in [2.45, 2.75) is 38.5 Å². The molecule has 1 aromatic heterocycles. The molecule has 2 unspecified atom stereocenters. The molecule has 0 saturated carbocycles. The first-order valence-electron chi connectivity index (χ1n) is 7.19. The van der Waals surface area contributed by atoms with Crippen LogP contribution in [0.15, 0.2) is 12.4 Å². The molecule has 2 atom stereocenters. The van der Waals surface area contributed by atoms with Gasteiger partial charge in [0, 0.05) is 44.0 Å². The summed E-state index contributed by atoms with van der Waals surface area (Å²) in [7, 11) is 4.29. The van der Waals surface area contributed by atoms with E-state index in [4.69, 9.17) is 0 Å². The van der Waals surface area contributed by atoms with E-state index in [1.807, 2.05) is 10.9 Å². The molecule has 1 aromatic rings. The largest absolute Gasteiger partial charge is 0.388 e. The van der Waals surface area contributed by atoms with Crippen LogP contribution in [0.25, 0.3) is 0 Å². The summed E-state index contributed by atoms with van der Waals surface area (Å²) in [5.74, 6) is 0. The normalized spacial score (nSPS) is 23.7. The summed E-state index contributed by atoms with van der Waals surface area (Å²) in [5, 5.41) is 14.6. The summed E-state index contributed by atoms with van der Waals surface area (Å²) in [6.45, 7) is 6.25. The maximum absolute atomic E-state index is 10.4. The molecule has 0 bridgehead atoms. The monoisotopic (exact) mass is 266 g/mol. The molecular formula is C14H26N4O. The second-order valence-electron chi connectivity index (χ2n) is 5.68. The first-order chi connectivity index (χ1) is 9.10. The number of likely N-dealkylation sites (N-methyl/N-ethyl adjacent to an activating group) is 2. The van der Waals surface area contributed by atoms with Crippen LogP contribution in [0.3, 0.4) is 0 Å². The van der Waals surface area contributed by atoms with Crippen LogP contribution in [0.2, 0.25) is 0 Å². The average molecular weight is 266 g/mol. The van der Waals surface area contributed by atoms with Crippen molar-refractivity contribution in [2.24, 2.45) is 0 Å². The first kappa shape index (κ1) is 14.5. The Kier molecular flexibility index (Phi) is 4.96. The van der Waals surface area contributed by atoms with Gasteiger partial charge in [0.25, 0.3) is 0 Å². The molecule has 5 nitrogen and oxygen atoms in total. The van der Waals surface area contributed by atoms with Crippen molar-refractivity contribution in [3.8, 4) is 0 Å². The molecule has 2 heterocycles. The Morgan fingerprint density at radius 2 is 2.21 bits per heavy atom. The maximum Gasteiger partial charge on any atom is 0.0835 e. The smallest absolute Gasteiger partial charge is 0.0835 e. The zero-order valence-corrected chi connectivity index (χ0v) is 12.3. The molecule has 1 aliphatic heterocycles. The zero-order valence-electron chi connectivity index (χ0n) is 12.3. The summed E-state index contributed by atoms with van der Waals surface area (Å²) in [5.41, 5.74) is 0.940. The highest BCUT2D eigenvalue weighted by atomic mass is 16.3. The third-order valence-electron chi connectivity index (χ3n) is 3.97. The second-order valence-corrected chi connectivity index (χ2v) is 5.68. The predicted octanol–water partition coefficient (Wildman–Crippen LogP) is 0.962. The number of nitrogens with zero attached hydrogens (tertiary/aromatic N) is 4. The van der Waals surface area contributed by atoms with Gasteiger partial charge in [0.05, 0.1) is 12.3 Å². The molecule has 108 valence electrons. The molecule has 1 aliphatic rings. The van der Waals surface area contributed by atoms with Crippen LogP contribution in [0.1, 0.15) is 31.4 Å². The van der Waals surface area contributed by atoms with Crippen LogP contribution in [0.5, 0.6) is 0 Å². The van der Waals surface area contributed by atoms with Crippen molar-refractivity contribution in [3.63, 3.8) is 0 Å². The van der Waals surface area contributed by atoms with Gasteiger partial charge in [-0.2, -0.15) is 5.10 Å². The minimum Gasteiger partial charge on any atom is -0.388 e. The Morgan fingerprint density at radius 1 is 1.42 bits per heavy atom. The first-order valence-corrected chi connectivity index (χ1v) is 7.19. The van der Waals surface area contributed by atoms with Gasteiger partial charge in [0.1, 0.15) is 0 Å². The van der Waals surface area contributed by atoms with Crippen molar-refractivity contribution in [3.05, 3.63) is 18.0 Å². The van der Waals surface area contributed by atoms with Gasteiger partial charge < -0.3 is 14.9 Å². The summed E-state index contributed by atoms with van der Waals surface area (Å²) < 4.78 is 1.91. The van der Waals surface area contributed by atoms with Crippen LogP contribution in [0.4, 0.5) is 0 Å². The average Bonchev–Trinajstić information content (AvgIpc) is 2.83. The molecule has 0 amide bonds. The van der Waals surface area contributed by atoms with E-state index in [0.717, 1.165) is 44.6 Å². The maximum atomic E-state index is 10.4. The highest BCUT2D eigenvalue weighted by Crippen LogP contribution is 2.21. The van der Waals surface area contributed by atoms with Gasteiger partial charge in [-0.25, -0.2) is 0 Å². The molecule has 1 saturated heterocycles. The van der Waals surface area contributed by atoms with Crippen LogP contribution >= 0.6 is 0 Å². The fraction of sp³-hybridized carbons (Fsp3) is 0.786.